The highest BCUT2D eigenvalue weighted by Gasteiger charge is 2.19. The van der Waals surface area contributed by atoms with Gasteiger partial charge in [-0.1, -0.05) is 54.1 Å². The summed E-state index contributed by atoms with van der Waals surface area (Å²) >= 11 is 6.49. The second kappa shape index (κ2) is 7.41. The van der Waals surface area contributed by atoms with Crippen LogP contribution >= 0.6 is 11.6 Å². The molecule has 3 rings (SSSR count). The molecule has 0 fully saturated rings. The van der Waals surface area contributed by atoms with E-state index < -0.39 is 0 Å². The number of benzene rings is 3. The van der Waals surface area contributed by atoms with Crippen LogP contribution in [0.1, 0.15) is 22.6 Å². The Morgan fingerprint density at radius 1 is 0.667 bits per heavy atom. The van der Waals surface area contributed by atoms with E-state index in [-0.39, 0.29) is 5.92 Å². The Morgan fingerprint density at radius 2 is 1.12 bits per heavy atom. The molecule has 0 saturated carbocycles. The number of methoxy groups -OCH3 is 2. The Balaban J connectivity index is 2.10. The van der Waals surface area contributed by atoms with Crippen molar-refractivity contribution in [1.82, 2.24) is 0 Å². The lowest BCUT2D eigenvalue weighted by molar-refractivity contribution is 0.414. The predicted molar refractivity (Wildman–Crippen MR) is 98.4 cm³/mol. The van der Waals surface area contributed by atoms with E-state index in [1.54, 1.807) is 14.2 Å². The van der Waals surface area contributed by atoms with Crippen molar-refractivity contribution in [2.75, 3.05) is 14.2 Å². The number of hydrogen-bond acceptors (Lipinski definition) is 2. The standard InChI is InChI=1S/C21H19ClO2/c1-23-17-11-7-15(8-12-17)21(19-5-3-4-6-20(19)22)16-9-13-18(24-2)14-10-16/h3-14,21H,1-2H3. The van der Waals surface area contributed by atoms with Gasteiger partial charge in [-0.05, 0) is 47.0 Å². The number of rotatable bonds is 5. The number of ether oxygens (including phenoxy) is 2. The summed E-state index contributed by atoms with van der Waals surface area (Å²) in [6.45, 7) is 0. The minimum atomic E-state index is 0.0514. The first-order chi connectivity index (χ1) is 11.7. The summed E-state index contributed by atoms with van der Waals surface area (Å²) in [5, 5.41) is 0.758. The fourth-order valence-corrected chi connectivity index (χ4v) is 3.10. The topological polar surface area (TPSA) is 18.5 Å². The molecule has 2 nitrogen and oxygen atoms in total. The molecule has 0 atom stereocenters. The Bertz CT molecular complexity index is 747. The van der Waals surface area contributed by atoms with Gasteiger partial charge in [0.15, 0.2) is 0 Å². The van der Waals surface area contributed by atoms with Crippen LogP contribution in [0.4, 0.5) is 0 Å². The maximum Gasteiger partial charge on any atom is 0.118 e. The normalized spacial score (nSPS) is 10.7. The van der Waals surface area contributed by atoms with Crippen molar-refractivity contribution in [3.05, 3.63) is 94.5 Å². The Kier molecular flexibility index (Phi) is 5.07. The van der Waals surface area contributed by atoms with Crippen molar-refractivity contribution >= 4 is 11.6 Å². The predicted octanol–water partition coefficient (Wildman–Crippen LogP) is 5.54. The highest BCUT2D eigenvalue weighted by Crippen LogP contribution is 2.36. The monoisotopic (exact) mass is 338 g/mol. The van der Waals surface area contributed by atoms with E-state index in [1.807, 2.05) is 42.5 Å². The molecule has 0 aliphatic carbocycles. The van der Waals surface area contributed by atoms with Crippen LogP contribution in [0.2, 0.25) is 5.02 Å². The molecule has 0 spiro atoms. The Hall–Kier alpha value is -2.45. The lowest BCUT2D eigenvalue weighted by Gasteiger charge is -2.20. The fourth-order valence-electron chi connectivity index (χ4n) is 2.85. The lowest BCUT2D eigenvalue weighted by Crippen LogP contribution is -2.04. The van der Waals surface area contributed by atoms with Gasteiger partial charge < -0.3 is 9.47 Å². The summed E-state index contributed by atoms with van der Waals surface area (Å²) < 4.78 is 10.5. The van der Waals surface area contributed by atoms with Crippen molar-refractivity contribution in [3.63, 3.8) is 0 Å². The van der Waals surface area contributed by atoms with E-state index >= 15 is 0 Å². The molecule has 0 aromatic heterocycles. The van der Waals surface area contributed by atoms with Crippen LogP contribution in [-0.4, -0.2) is 14.2 Å². The van der Waals surface area contributed by atoms with E-state index in [0.29, 0.717) is 0 Å². The second-order valence-corrected chi connectivity index (χ2v) is 5.91. The van der Waals surface area contributed by atoms with Gasteiger partial charge in [0.25, 0.3) is 0 Å². The van der Waals surface area contributed by atoms with Gasteiger partial charge in [0, 0.05) is 10.9 Å². The van der Waals surface area contributed by atoms with Crippen LogP contribution in [0.5, 0.6) is 11.5 Å². The van der Waals surface area contributed by atoms with Gasteiger partial charge >= 0.3 is 0 Å². The van der Waals surface area contributed by atoms with Crippen LogP contribution in [-0.2, 0) is 0 Å². The van der Waals surface area contributed by atoms with Gasteiger partial charge in [-0.3, -0.25) is 0 Å². The largest absolute Gasteiger partial charge is 0.497 e. The molecule has 24 heavy (non-hydrogen) atoms. The zero-order valence-corrected chi connectivity index (χ0v) is 14.5. The smallest absolute Gasteiger partial charge is 0.118 e. The second-order valence-electron chi connectivity index (χ2n) is 5.50. The van der Waals surface area contributed by atoms with Crippen molar-refractivity contribution in [1.29, 1.82) is 0 Å². The average molecular weight is 339 g/mol. The minimum Gasteiger partial charge on any atom is -0.497 e. The fraction of sp³-hybridized carbons (Fsp3) is 0.143. The molecule has 122 valence electrons. The highest BCUT2D eigenvalue weighted by atomic mass is 35.5. The van der Waals surface area contributed by atoms with E-state index in [0.717, 1.165) is 33.2 Å². The van der Waals surface area contributed by atoms with E-state index in [4.69, 9.17) is 21.1 Å². The minimum absolute atomic E-state index is 0.0514. The Morgan fingerprint density at radius 3 is 1.54 bits per heavy atom. The first-order valence-corrected chi connectivity index (χ1v) is 8.13. The van der Waals surface area contributed by atoms with Gasteiger partial charge in [0.05, 0.1) is 14.2 Å². The molecular weight excluding hydrogens is 320 g/mol. The summed E-state index contributed by atoms with van der Waals surface area (Å²) in [5.41, 5.74) is 3.40. The van der Waals surface area contributed by atoms with Gasteiger partial charge in [0.2, 0.25) is 0 Å². The zero-order chi connectivity index (χ0) is 16.9. The molecule has 3 aromatic rings. The first kappa shape index (κ1) is 16.4. The van der Waals surface area contributed by atoms with Gasteiger partial charge in [0.1, 0.15) is 11.5 Å². The molecule has 3 heteroatoms. The van der Waals surface area contributed by atoms with Crippen molar-refractivity contribution in [2.24, 2.45) is 0 Å². The molecule has 3 aromatic carbocycles. The van der Waals surface area contributed by atoms with Gasteiger partial charge in [-0.2, -0.15) is 0 Å². The number of hydrogen-bond donors (Lipinski definition) is 0. The summed E-state index contributed by atoms with van der Waals surface area (Å²) in [5.74, 6) is 1.73. The lowest BCUT2D eigenvalue weighted by atomic mass is 9.85. The van der Waals surface area contributed by atoms with Crippen LogP contribution in [0.25, 0.3) is 0 Å². The molecule has 0 radical (unpaired) electrons. The quantitative estimate of drug-likeness (QED) is 0.569. The summed E-state index contributed by atoms with van der Waals surface area (Å²) in [7, 11) is 3.34. The van der Waals surface area contributed by atoms with Crippen molar-refractivity contribution < 1.29 is 9.47 Å². The molecular formula is C21H19ClO2. The summed E-state index contributed by atoms with van der Waals surface area (Å²) in [4.78, 5) is 0. The highest BCUT2D eigenvalue weighted by molar-refractivity contribution is 6.31. The molecule has 0 N–H and O–H groups in total. The third kappa shape index (κ3) is 3.39. The van der Waals surface area contributed by atoms with Crippen LogP contribution in [0.15, 0.2) is 72.8 Å². The van der Waals surface area contributed by atoms with E-state index in [2.05, 4.69) is 30.3 Å². The van der Waals surface area contributed by atoms with Gasteiger partial charge in [-0.15, -0.1) is 0 Å². The molecule has 0 unspecified atom stereocenters. The molecule has 0 saturated heterocycles. The third-order valence-electron chi connectivity index (χ3n) is 4.11. The van der Waals surface area contributed by atoms with Gasteiger partial charge in [-0.25, -0.2) is 0 Å². The molecule has 0 heterocycles. The molecule has 0 aliphatic rings. The van der Waals surface area contributed by atoms with E-state index in [1.165, 1.54) is 0 Å². The maximum atomic E-state index is 6.49. The maximum absolute atomic E-state index is 6.49. The summed E-state index contributed by atoms with van der Waals surface area (Å²) in [6.07, 6.45) is 0. The average Bonchev–Trinajstić information content (AvgIpc) is 2.64. The van der Waals surface area contributed by atoms with Crippen molar-refractivity contribution in [3.8, 4) is 11.5 Å². The van der Waals surface area contributed by atoms with Crippen LogP contribution in [0, 0.1) is 0 Å². The molecule has 0 aliphatic heterocycles. The molecule has 0 amide bonds. The van der Waals surface area contributed by atoms with Crippen molar-refractivity contribution in [2.45, 2.75) is 5.92 Å². The SMILES string of the molecule is COc1ccc(C(c2ccc(OC)cc2)c2ccccc2Cl)cc1. The third-order valence-corrected chi connectivity index (χ3v) is 4.46. The van der Waals surface area contributed by atoms with Crippen LogP contribution in [0.3, 0.4) is 0 Å². The zero-order valence-electron chi connectivity index (χ0n) is 13.7. The van der Waals surface area contributed by atoms with Crippen LogP contribution < -0.4 is 9.47 Å². The molecule has 0 bridgehead atoms. The Labute approximate surface area is 147 Å². The van der Waals surface area contributed by atoms with E-state index in [9.17, 15) is 0 Å². The number of halogens is 1. The summed E-state index contributed by atoms with van der Waals surface area (Å²) in [6, 6.07) is 24.2. The first-order valence-electron chi connectivity index (χ1n) is 7.75.